The maximum absolute atomic E-state index is 4.33. The molecular weight excluding hydrogens is 472 g/mol. The van der Waals surface area contributed by atoms with Crippen molar-refractivity contribution in [2.45, 2.75) is 33.6 Å². The zero-order valence-electron chi connectivity index (χ0n) is 21.4. The normalized spacial score (nSPS) is 23.6. The van der Waals surface area contributed by atoms with Gasteiger partial charge in [-0.2, -0.15) is 28.2 Å². The van der Waals surface area contributed by atoms with Crippen LogP contribution in [-0.2, 0) is 26.2 Å². The van der Waals surface area contributed by atoms with Crippen LogP contribution in [0.2, 0.25) is 0 Å². The van der Waals surface area contributed by atoms with Gasteiger partial charge in [-0.1, -0.05) is 82.3 Å². The molecule has 0 amide bonds. The molecule has 4 atom stereocenters. The third-order valence-electron chi connectivity index (χ3n) is 6.10. The second kappa shape index (κ2) is 18.2. The molecule has 1 aliphatic carbocycles. The third-order valence-corrected chi connectivity index (χ3v) is 6.10. The summed E-state index contributed by atoms with van der Waals surface area (Å²) in [4.78, 5) is 0. The van der Waals surface area contributed by atoms with Crippen molar-refractivity contribution in [3.05, 3.63) is 89.2 Å². The van der Waals surface area contributed by atoms with Crippen LogP contribution in [0, 0.1) is 31.1 Å². The van der Waals surface area contributed by atoms with E-state index in [0.29, 0.717) is 17.8 Å². The van der Waals surface area contributed by atoms with Gasteiger partial charge in [-0.25, -0.2) is 0 Å². The average Bonchev–Trinajstić information content (AvgIpc) is 2.93. The molecule has 0 N–H and O–H groups in total. The fourth-order valence-electron chi connectivity index (χ4n) is 4.24. The van der Waals surface area contributed by atoms with Gasteiger partial charge < -0.3 is 28.6 Å². The van der Waals surface area contributed by atoms with Gasteiger partial charge in [0.25, 0.3) is 0 Å². The van der Waals surface area contributed by atoms with Crippen LogP contribution >= 0.6 is 0 Å². The molecule has 2 aromatic carbocycles. The van der Waals surface area contributed by atoms with Crippen LogP contribution in [-0.4, -0.2) is 34.4 Å². The molecule has 4 unspecified atom stereocenters. The van der Waals surface area contributed by atoms with Gasteiger partial charge in [-0.15, -0.1) is 5.69 Å². The second-order valence-electron chi connectivity index (χ2n) is 8.17. The Balaban J connectivity index is 0. The molecule has 174 valence electrons. The molecule has 0 radical (unpaired) electrons. The molecule has 1 fully saturated rings. The van der Waals surface area contributed by atoms with E-state index in [1.165, 1.54) is 11.1 Å². The number of hydrogen-bond donors (Lipinski definition) is 0. The van der Waals surface area contributed by atoms with Gasteiger partial charge in [-0.3, -0.25) is 0 Å². The first kappa shape index (κ1) is 32.9. The van der Waals surface area contributed by atoms with Crippen LogP contribution in [0.25, 0.3) is 16.1 Å². The number of rotatable bonds is 4. The molecule has 0 spiro atoms. The average molecular weight is 514 g/mol. The smallest absolute Gasteiger partial charge is 0.668 e. The SMILES string of the molecule is CC1C(C)C(C)C(c2ccccc2/C=N/[N-]c2ccccc2)C1C.C[N-]C.C[N-]C.[CH3-].[Zr+4]. The van der Waals surface area contributed by atoms with E-state index in [0.717, 1.165) is 17.5 Å². The Morgan fingerprint density at radius 2 is 1.12 bits per heavy atom. The number of nitrogens with zero attached hydrogens (tertiary/aromatic N) is 4. The number of benzene rings is 2. The Labute approximate surface area is 217 Å². The Hall–Kier alpha value is -1.29. The molecule has 2 aromatic rings. The molecule has 0 aliphatic heterocycles. The fraction of sp³-hybridized carbons (Fsp3) is 0.481. The summed E-state index contributed by atoms with van der Waals surface area (Å²) in [5.41, 5.74) is 7.81. The molecule has 0 saturated heterocycles. The summed E-state index contributed by atoms with van der Waals surface area (Å²) in [6.07, 6.45) is 1.91. The zero-order chi connectivity index (χ0) is 22.5. The maximum Gasteiger partial charge on any atom is 4.00 e. The number of hydrogen-bond acceptors (Lipinski definition) is 1. The Morgan fingerprint density at radius 1 is 0.688 bits per heavy atom. The quantitative estimate of drug-likeness (QED) is 0.225. The molecule has 0 aromatic heterocycles. The molecule has 32 heavy (non-hydrogen) atoms. The third kappa shape index (κ3) is 9.69. The first-order valence-corrected chi connectivity index (χ1v) is 10.8. The minimum atomic E-state index is 0. The van der Waals surface area contributed by atoms with E-state index >= 15 is 0 Å². The molecule has 0 heterocycles. The summed E-state index contributed by atoms with van der Waals surface area (Å²) in [5, 5.41) is 11.3. The fourth-order valence-corrected chi connectivity index (χ4v) is 4.24. The van der Waals surface area contributed by atoms with Crippen molar-refractivity contribution in [3.63, 3.8) is 0 Å². The molecule has 4 nitrogen and oxygen atoms in total. The summed E-state index contributed by atoms with van der Waals surface area (Å²) in [7, 11) is 7.00. The van der Waals surface area contributed by atoms with Crippen LogP contribution < -0.4 is 0 Å². The van der Waals surface area contributed by atoms with Crippen molar-refractivity contribution in [1.29, 1.82) is 0 Å². The van der Waals surface area contributed by atoms with Crippen LogP contribution in [0.1, 0.15) is 44.7 Å². The van der Waals surface area contributed by atoms with Gasteiger partial charge >= 0.3 is 26.2 Å². The van der Waals surface area contributed by atoms with E-state index in [4.69, 9.17) is 0 Å². The van der Waals surface area contributed by atoms with E-state index in [-0.39, 0.29) is 33.6 Å². The molecule has 1 saturated carbocycles. The van der Waals surface area contributed by atoms with Crippen molar-refractivity contribution in [2.75, 3.05) is 28.2 Å². The minimum absolute atomic E-state index is 0. The van der Waals surface area contributed by atoms with Crippen molar-refractivity contribution in [1.82, 2.24) is 0 Å². The van der Waals surface area contributed by atoms with E-state index in [2.05, 4.69) is 73.1 Å². The summed E-state index contributed by atoms with van der Waals surface area (Å²) in [6, 6.07) is 18.5. The Kier molecular flexibility index (Phi) is 18.7. The predicted octanol–water partition coefficient (Wildman–Crippen LogP) is 8.05. The molecule has 0 bridgehead atoms. The van der Waals surface area contributed by atoms with Gasteiger partial charge in [0.15, 0.2) is 0 Å². The maximum atomic E-state index is 4.33. The summed E-state index contributed by atoms with van der Waals surface area (Å²) in [6.45, 7) is 9.59. The van der Waals surface area contributed by atoms with Crippen LogP contribution in [0.3, 0.4) is 0 Å². The van der Waals surface area contributed by atoms with Gasteiger partial charge in [0.05, 0.1) is 0 Å². The zero-order valence-corrected chi connectivity index (χ0v) is 23.9. The van der Waals surface area contributed by atoms with Gasteiger partial charge in [-0.05, 0) is 40.7 Å². The topological polar surface area (TPSA) is 54.7 Å². The summed E-state index contributed by atoms with van der Waals surface area (Å²) in [5.74, 6) is 3.48. The molecular formula is C27H42N4Zr. The minimum Gasteiger partial charge on any atom is -0.668 e. The summed E-state index contributed by atoms with van der Waals surface area (Å²) < 4.78 is 0. The molecule has 3 rings (SSSR count). The van der Waals surface area contributed by atoms with Crippen LogP contribution in [0.4, 0.5) is 5.69 Å². The Bertz CT molecular complexity index is 719. The van der Waals surface area contributed by atoms with E-state index in [1.807, 2.05) is 36.5 Å². The first-order chi connectivity index (χ1) is 14.4. The van der Waals surface area contributed by atoms with Gasteiger partial charge in [0.2, 0.25) is 0 Å². The standard InChI is InChI=1S/C22H27N2.2C2H6N.CH3.Zr/c1-15-16(2)18(4)22(17(15)3)21-13-9-8-10-19(21)14-23-24-20-11-6-5-7-12-20;2*1-3-2;;/h5-18,22H,1-4H3;2*1-2H3;1H3;/q4*-1;+4/b23-14+;;;;. The van der Waals surface area contributed by atoms with E-state index < -0.39 is 0 Å². The van der Waals surface area contributed by atoms with Crippen molar-refractivity contribution >= 4 is 11.9 Å². The van der Waals surface area contributed by atoms with Crippen molar-refractivity contribution < 1.29 is 26.2 Å². The van der Waals surface area contributed by atoms with Crippen molar-refractivity contribution in [3.8, 4) is 0 Å². The summed E-state index contributed by atoms with van der Waals surface area (Å²) >= 11 is 0. The largest absolute Gasteiger partial charge is 4.00 e. The Morgan fingerprint density at radius 3 is 1.62 bits per heavy atom. The first-order valence-electron chi connectivity index (χ1n) is 10.8. The van der Waals surface area contributed by atoms with Crippen LogP contribution in [0.15, 0.2) is 59.7 Å². The van der Waals surface area contributed by atoms with Crippen LogP contribution in [0.5, 0.6) is 0 Å². The van der Waals surface area contributed by atoms with E-state index in [1.54, 1.807) is 28.2 Å². The molecule has 5 heteroatoms. The van der Waals surface area contributed by atoms with Crippen molar-refractivity contribution in [2.24, 2.45) is 28.8 Å². The molecule has 1 aliphatic rings. The van der Waals surface area contributed by atoms with E-state index in [9.17, 15) is 0 Å². The second-order valence-corrected chi connectivity index (χ2v) is 8.17. The predicted molar refractivity (Wildman–Crippen MR) is 140 cm³/mol. The van der Waals surface area contributed by atoms with Gasteiger partial charge in [0.1, 0.15) is 0 Å². The monoisotopic (exact) mass is 512 g/mol. The van der Waals surface area contributed by atoms with Gasteiger partial charge in [0, 0.05) is 6.21 Å².